The van der Waals surface area contributed by atoms with E-state index in [0.29, 0.717) is 5.92 Å². The molecule has 0 aliphatic carbocycles. The number of hydrogen-bond donors (Lipinski definition) is 1. The molecule has 3 heteroatoms. The fourth-order valence-electron chi connectivity index (χ4n) is 1.75. The Morgan fingerprint density at radius 3 is 2.86 bits per heavy atom. The van der Waals surface area contributed by atoms with Gasteiger partial charge >= 0.3 is 0 Å². The van der Waals surface area contributed by atoms with Gasteiger partial charge in [0.15, 0.2) is 0 Å². The van der Waals surface area contributed by atoms with Crippen LogP contribution in [0.3, 0.4) is 0 Å². The predicted molar refractivity (Wildman–Crippen MR) is 63.9 cm³/mol. The van der Waals surface area contributed by atoms with E-state index in [0.717, 1.165) is 18.7 Å². The number of thiol groups is 1. The molecular weight excluding hydrogens is 192 g/mol. The Balaban J connectivity index is 2.56. The monoisotopic (exact) mass is 212 g/mol. The molecule has 0 radical (unpaired) electrons. The third kappa shape index (κ3) is 3.05. The van der Waals surface area contributed by atoms with Gasteiger partial charge in [-0.15, -0.1) is 0 Å². The zero-order valence-corrected chi connectivity index (χ0v) is 10.0. The maximum Gasteiger partial charge on any atom is 0.108 e. The highest BCUT2D eigenvalue weighted by molar-refractivity contribution is 7.80. The van der Waals surface area contributed by atoms with Gasteiger partial charge in [0, 0.05) is 25.4 Å². The van der Waals surface area contributed by atoms with E-state index in [1.54, 1.807) is 0 Å². The van der Waals surface area contributed by atoms with E-state index < -0.39 is 0 Å². The second kappa shape index (κ2) is 6.12. The predicted octanol–water partition coefficient (Wildman–Crippen LogP) is 2.79. The van der Waals surface area contributed by atoms with Crippen molar-refractivity contribution in [1.29, 1.82) is 0 Å². The Morgan fingerprint density at radius 1 is 1.50 bits per heavy atom. The van der Waals surface area contributed by atoms with Crippen molar-refractivity contribution in [2.24, 2.45) is 5.92 Å². The molecule has 0 saturated carbocycles. The van der Waals surface area contributed by atoms with Gasteiger partial charge < -0.3 is 4.57 Å². The van der Waals surface area contributed by atoms with Gasteiger partial charge in [-0.25, -0.2) is 4.98 Å². The van der Waals surface area contributed by atoms with Crippen LogP contribution in [-0.2, 0) is 13.0 Å². The first-order valence-electron chi connectivity index (χ1n) is 5.42. The summed E-state index contributed by atoms with van der Waals surface area (Å²) in [6.45, 7) is 5.44. The number of imidazole rings is 1. The topological polar surface area (TPSA) is 17.8 Å². The summed E-state index contributed by atoms with van der Waals surface area (Å²) in [6.07, 6.45) is 7.47. The summed E-state index contributed by atoms with van der Waals surface area (Å²) in [5, 5.41) is 0. The lowest BCUT2D eigenvalue weighted by Crippen LogP contribution is -2.13. The first kappa shape index (κ1) is 11.6. The van der Waals surface area contributed by atoms with Crippen LogP contribution in [0.4, 0.5) is 0 Å². The van der Waals surface area contributed by atoms with Gasteiger partial charge in [-0.3, -0.25) is 0 Å². The van der Waals surface area contributed by atoms with E-state index in [-0.39, 0.29) is 0 Å². The first-order chi connectivity index (χ1) is 6.81. The zero-order valence-electron chi connectivity index (χ0n) is 9.11. The lowest BCUT2D eigenvalue weighted by Gasteiger charge is -2.15. The number of nitrogens with zero attached hydrogens (tertiary/aromatic N) is 2. The highest BCUT2D eigenvalue weighted by Crippen LogP contribution is 2.12. The van der Waals surface area contributed by atoms with Crippen LogP contribution in [0.2, 0.25) is 0 Å². The van der Waals surface area contributed by atoms with Gasteiger partial charge in [0.05, 0.1) is 0 Å². The Morgan fingerprint density at radius 2 is 2.29 bits per heavy atom. The molecule has 1 aromatic heterocycles. The van der Waals surface area contributed by atoms with Crippen LogP contribution < -0.4 is 0 Å². The second-order valence-electron chi connectivity index (χ2n) is 3.69. The fourth-order valence-corrected chi connectivity index (χ4v) is 2.05. The minimum Gasteiger partial charge on any atom is -0.335 e. The van der Waals surface area contributed by atoms with E-state index in [4.69, 9.17) is 0 Å². The van der Waals surface area contributed by atoms with E-state index in [1.807, 2.05) is 6.20 Å². The third-order valence-electron chi connectivity index (χ3n) is 2.53. The minimum absolute atomic E-state index is 0.683. The van der Waals surface area contributed by atoms with Crippen molar-refractivity contribution in [3.8, 4) is 0 Å². The molecule has 0 amide bonds. The molecule has 1 heterocycles. The summed E-state index contributed by atoms with van der Waals surface area (Å²) in [5.74, 6) is 2.84. The van der Waals surface area contributed by atoms with E-state index in [2.05, 4.69) is 42.2 Å². The van der Waals surface area contributed by atoms with Crippen molar-refractivity contribution < 1.29 is 0 Å². The third-order valence-corrected chi connectivity index (χ3v) is 3.04. The molecule has 0 N–H and O–H groups in total. The quantitative estimate of drug-likeness (QED) is 0.718. The molecule has 0 aliphatic rings. The first-order valence-corrected chi connectivity index (χ1v) is 6.05. The molecule has 1 rings (SSSR count). The second-order valence-corrected chi connectivity index (χ2v) is 4.05. The van der Waals surface area contributed by atoms with Gasteiger partial charge in [-0.05, 0) is 18.1 Å². The molecule has 0 fully saturated rings. The summed E-state index contributed by atoms with van der Waals surface area (Å²) in [5.41, 5.74) is 0. The summed E-state index contributed by atoms with van der Waals surface area (Å²) in [4.78, 5) is 4.32. The Hall–Kier alpha value is -0.440. The van der Waals surface area contributed by atoms with Crippen molar-refractivity contribution in [3.05, 3.63) is 18.2 Å². The lowest BCUT2D eigenvalue weighted by molar-refractivity contribution is 0.445. The molecular formula is C11H20N2S. The van der Waals surface area contributed by atoms with Gasteiger partial charge in [0.1, 0.15) is 5.82 Å². The SMILES string of the molecule is CCCC(CS)Cn1ccnc1CC. The average Bonchev–Trinajstić information content (AvgIpc) is 2.64. The molecule has 0 saturated heterocycles. The number of aryl methyl sites for hydroxylation is 1. The fraction of sp³-hybridized carbons (Fsp3) is 0.727. The van der Waals surface area contributed by atoms with Crippen molar-refractivity contribution in [2.75, 3.05) is 5.75 Å². The number of rotatable bonds is 6. The average molecular weight is 212 g/mol. The zero-order chi connectivity index (χ0) is 10.4. The maximum absolute atomic E-state index is 4.39. The van der Waals surface area contributed by atoms with Crippen molar-refractivity contribution >= 4 is 12.6 Å². The molecule has 1 atom stereocenters. The van der Waals surface area contributed by atoms with E-state index >= 15 is 0 Å². The molecule has 80 valence electrons. The standard InChI is InChI=1S/C11H20N2S/c1-3-5-10(9-14)8-13-7-6-12-11(13)4-2/h6-7,10,14H,3-5,8-9H2,1-2H3. The van der Waals surface area contributed by atoms with Gasteiger partial charge in [-0.1, -0.05) is 20.3 Å². The van der Waals surface area contributed by atoms with Gasteiger partial charge in [-0.2, -0.15) is 12.6 Å². The van der Waals surface area contributed by atoms with Crippen molar-refractivity contribution in [1.82, 2.24) is 9.55 Å². The lowest BCUT2D eigenvalue weighted by atomic mass is 10.1. The van der Waals surface area contributed by atoms with Gasteiger partial charge in [0.25, 0.3) is 0 Å². The van der Waals surface area contributed by atoms with Crippen LogP contribution in [0.1, 0.15) is 32.5 Å². The molecule has 0 aliphatic heterocycles. The van der Waals surface area contributed by atoms with Crippen molar-refractivity contribution in [3.63, 3.8) is 0 Å². The molecule has 1 unspecified atom stereocenters. The van der Waals surface area contributed by atoms with Crippen LogP contribution in [0.25, 0.3) is 0 Å². The Bertz CT molecular complexity index is 258. The molecule has 2 nitrogen and oxygen atoms in total. The normalized spacial score (nSPS) is 13.1. The maximum atomic E-state index is 4.39. The Kier molecular flexibility index (Phi) is 5.09. The summed E-state index contributed by atoms with van der Waals surface area (Å²) < 4.78 is 2.26. The molecule has 0 aromatic carbocycles. The van der Waals surface area contributed by atoms with Crippen molar-refractivity contribution in [2.45, 2.75) is 39.7 Å². The van der Waals surface area contributed by atoms with Crippen LogP contribution >= 0.6 is 12.6 Å². The largest absolute Gasteiger partial charge is 0.335 e. The van der Waals surface area contributed by atoms with Crippen LogP contribution in [0, 0.1) is 5.92 Å². The summed E-state index contributed by atoms with van der Waals surface area (Å²) >= 11 is 4.39. The van der Waals surface area contributed by atoms with Gasteiger partial charge in [0.2, 0.25) is 0 Å². The van der Waals surface area contributed by atoms with Crippen LogP contribution in [0.15, 0.2) is 12.4 Å². The van der Waals surface area contributed by atoms with Crippen LogP contribution in [0.5, 0.6) is 0 Å². The smallest absolute Gasteiger partial charge is 0.108 e. The van der Waals surface area contributed by atoms with Crippen LogP contribution in [-0.4, -0.2) is 15.3 Å². The van der Waals surface area contributed by atoms with E-state index in [1.165, 1.54) is 18.7 Å². The molecule has 0 spiro atoms. The number of hydrogen-bond acceptors (Lipinski definition) is 2. The summed E-state index contributed by atoms with van der Waals surface area (Å²) in [6, 6.07) is 0. The summed E-state index contributed by atoms with van der Waals surface area (Å²) in [7, 11) is 0. The molecule has 14 heavy (non-hydrogen) atoms. The molecule has 1 aromatic rings. The number of aromatic nitrogens is 2. The molecule has 0 bridgehead atoms. The van der Waals surface area contributed by atoms with E-state index in [9.17, 15) is 0 Å². The minimum atomic E-state index is 0.683. The highest BCUT2D eigenvalue weighted by atomic mass is 32.1. The highest BCUT2D eigenvalue weighted by Gasteiger charge is 2.08. The Labute approximate surface area is 92.1 Å².